The van der Waals surface area contributed by atoms with Gasteiger partial charge in [-0.05, 0) is 33.6 Å². The van der Waals surface area contributed by atoms with E-state index in [2.05, 4.69) is 5.32 Å². The number of piperidine rings is 1. The van der Waals surface area contributed by atoms with Crippen LogP contribution in [0.25, 0.3) is 0 Å². The number of amides is 2. The summed E-state index contributed by atoms with van der Waals surface area (Å²) in [5.74, 6) is -1.04. The molecule has 1 aliphatic heterocycles. The summed E-state index contributed by atoms with van der Waals surface area (Å²) in [5.41, 5.74) is -1.81. The molecule has 0 radical (unpaired) electrons. The van der Waals surface area contributed by atoms with E-state index in [0.29, 0.717) is 0 Å². The second-order valence-corrected chi connectivity index (χ2v) is 6.21. The lowest BCUT2D eigenvalue weighted by atomic mass is 9.78. The molecule has 0 spiro atoms. The fourth-order valence-electron chi connectivity index (χ4n) is 2.15. The van der Waals surface area contributed by atoms with Gasteiger partial charge in [0.15, 0.2) is 0 Å². The standard InChI is InChI=1S/C13H22N2O6/c1-12(2,3)21-10(18)14-8-13(9(16)17)4-6-15(7-5-13)11(19)20/h4-8H2,1-3H3,(H,14,18)(H,16,17)(H,19,20). The largest absolute Gasteiger partial charge is 0.481 e. The number of hydrogen-bond donors (Lipinski definition) is 3. The predicted octanol–water partition coefficient (Wildman–Crippen LogP) is 1.36. The molecule has 0 atom stereocenters. The Kier molecular flexibility index (Phi) is 5.03. The highest BCUT2D eigenvalue weighted by Crippen LogP contribution is 2.31. The molecule has 8 heteroatoms. The van der Waals surface area contributed by atoms with E-state index >= 15 is 0 Å². The van der Waals surface area contributed by atoms with Crippen LogP contribution in [0.1, 0.15) is 33.6 Å². The Labute approximate surface area is 123 Å². The molecule has 8 nitrogen and oxygen atoms in total. The van der Waals surface area contributed by atoms with Gasteiger partial charge in [-0.3, -0.25) is 4.79 Å². The highest BCUT2D eigenvalue weighted by atomic mass is 16.6. The summed E-state index contributed by atoms with van der Waals surface area (Å²) in [6.07, 6.45) is -1.42. The third-order valence-corrected chi connectivity index (χ3v) is 3.41. The van der Waals surface area contributed by atoms with Gasteiger partial charge in [-0.25, -0.2) is 9.59 Å². The van der Waals surface area contributed by atoms with Gasteiger partial charge in [0.1, 0.15) is 5.60 Å². The number of carbonyl (C=O) groups excluding carboxylic acids is 1. The monoisotopic (exact) mass is 302 g/mol. The van der Waals surface area contributed by atoms with Crippen LogP contribution in [-0.4, -0.2) is 58.5 Å². The van der Waals surface area contributed by atoms with E-state index in [1.165, 1.54) is 4.90 Å². The number of rotatable bonds is 3. The van der Waals surface area contributed by atoms with Crippen molar-refractivity contribution in [3.8, 4) is 0 Å². The molecule has 120 valence electrons. The maximum Gasteiger partial charge on any atom is 0.407 e. The lowest BCUT2D eigenvalue weighted by Crippen LogP contribution is -2.51. The minimum absolute atomic E-state index is 0.0787. The third kappa shape index (κ3) is 4.80. The molecule has 1 fully saturated rings. The number of ether oxygens (including phenoxy) is 1. The molecular weight excluding hydrogens is 280 g/mol. The van der Waals surface area contributed by atoms with Gasteiger partial charge >= 0.3 is 18.2 Å². The van der Waals surface area contributed by atoms with Crippen LogP contribution in [0.4, 0.5) is 9.59 Å². The van der Waals surface area contributed by atoms with E-state index in [1.807, 2.05) is 0 Å². The molecule has 0 aromatic carbocycles. The number of hydrogen-bond acceptors (Lipinski definition) is 4. The summed E-state index contributed by atoms with van der Waals surface area (Å²) in [6.45, 7) is 5.33. The van der Waals surface area contributed by atoms with Crippen molar-refractivity contribution in [2.45, 2.75) is 39.2 Å². The molecule has 0 saturated carbocycles. The van der Waals surface area contributed by atoms with Crippen LogP contribution < -0.4 is 5.32 Å². The highest BCUT2D eigenvalue weighted by molar-refractivity contribution is 5.77. The van der Waals surface area contributed by atoms with E-state index in [9.17, 15) is 19.5 Å². The van der Waals surface area contributed by atoms with Crippen LogP contribution >= 0.6 is 0 Å². The highest BCUT2D eigenvalue weighted by Gasteiger charge is 2.43. The van der Waals surface area contributed by atoms with Crippen molar-refractivity contribution in [2.24, 2.45) is 5.41 Å². The molecule has 2 amide bonds. The Hall–Kier alpha value is -1.99. The van der Waals surface area contributed by atoms with Crippen LogP contribution in [0.15, 0.2) is 0 Å². The summed E-state index contributed by atoms with van der Waals surface area (Å²) in [5, 5.41) is 20.7. The van der Waals surface area contributed by atoms with Gasteiger partial charge in [-0.15, -0.1) is 0 Å². The molecule has 0 aromatic heterocycles. The Morgan fingerprint density at radius 1 is 1.19 bits per heavy atom. The molecule has 21 heavy (non-hydrogen) atoms. The van der Waals surface area contributed by atoms with Crippen molar-refractivity contribution in [1.29, 1.82) is 0 Å². The predicted molar refractivity (Wildman–Crippen MR) is 73.1 cm³/mol. The lowest BCUT2D eigenvalue weighted by Gasteiger charge is -2.37. The maximum atomic E-state index is 11.6. The first-order valence-electron chi connectivity index (χ1n) is 6.74. The van der Waals surface area contributed by atoms with Gasteiger partial charge in [-0.2, -0.15) is 0 Å². The number of carboxylic acid groups (broad SMARTS) is 2. The van der Waals surface area contributed by atoms with Crippen molar-refractivity contribution >= 4 is 18.2 Å². The van der Waals surface area contributed by atoms with Gasteiger partial charge in [0, 0.05) is 19.6 Å². The summed E-state index contributed by atoms with van der Waals surface area (Å²) in [4.78, 5) is 35.1. The maximum absolute atomic E-state index is 11.6. The second kappa shape index (κ2) is 6.19. The molecule has 1 saturated heterocycles. The number of nitrogens with zero attached hydrogens (tertiary/aromatic N) is 1. The lowest BCUT2D eigenvalue weighted by molar-refractivity contribution is -0.151. The first kappa shape index (κ1) is 17.1. The van der Waals surface area contributed by atoms with Gasteiger partial charge < -0.3 is 25.2 Å². The number of alkyl carbamates (subject to hydrolysis) is 1. The first-order valence-corrected chi connectivity index (χ1v) is 6.74. The van der Waals surface area contributed by atoms with Crippen LogP contribution in [0.3, 0.4) is 0 Å². The molecule has 0 aliphatic carbocycles. The minimum atomic E-state index is -1.15. The number of carboxylic acids is 1. The Morgan fingerprint density at radius 3 is 2.10 bits per heavy atom. The molecule has 0 unspecified atom stereocenters. The number of aliphatic carboxylic acids is 1. The second-order valence-electron chi connectivity index (χ2n) is 6.21. The quantitative estimate of drug-likeness (QED) is 0.724. The van der Waals surface area contributed by atoms with Crippen LogP contribution in [0.2, 0.25) is 0 Å². The van der Waals surface area contributed by atoms with Crippen molar-refractivity contribution in [3.05, 3.63) is 0 Å². The number of likely N-dealkylation sites (tertiary alicyclic amines) is 1. The normalized spacial score (nSPS) is 18.0. The van der Waals surface area contributed by atoms with Crippen LogP contribution in [0.5, 0.6) is 0 Å². The van der Waals surface area contributed by atoms with E-state index in [1.54, 1.807) is 20.8 Å². The minimum Gasteiger partial charge on any atom is -0.481 e. The Balaban J connectivity index is 2.61. The molecule has 1 aliphatic rings. The van der Waals surface area contributed by atoms with E-state index in [-0.39, 0.29) is 32.5 Å². The van der Waals surface area contributed by atoms with Crippen molar-refractivity contribution in [3.63, 3.8) is 0 Å². The smallest absolute Gasteiger partial charge is 0.407 e. The number of nitrogens with one attached hydrogen (secondary N) is 1. The summed E-state index contributed by atoms with van der Waals surface area (Å²) in [7, 11) is 0. The van der Waals surface area contributed by atoms with Crippen molar-refractivity contribution in [2.75, 3.05) is 19.6 Å². The van der Waals surface area contributed by atoms with Crippen molar-refractivity contribution in [1.82, 2.24) is 10.2 Å². The number of carbonyl (C=O) groups is 3. The molecule has 3 N–H and O–H groups in total. The Bertz CT molecular complexity index is 421. The first-order chi connectivity index (χ1) is 9.56. The summed E-state index contributed by atoms with van der Waals surface area (Å²) < 4.78 is 5.07. The van der Waals surface area contributed by atoms with Crippen LogP contribution in [-0.2, 0) is 9.53 Å². The molecular formula is C13H22N2O6. The van der Waals surface area contributed by atoms with E-state index in [4.69, 9.17) is 9.84 Å². The summed E-state index contributed by atoms with van der Waals surface area (Å²) in [6, 6.07) is 0. The van der Waals surface area contributed by atoms with Crippen LogP contribution in [0, 0.1) is 5.41 Å². The van der Waals surface area contributed by atoms with Gasteiger partial charge in [-0.1, -0.05) is 0 Å². The zero-order valence-corrected chi connectivity index (χ0v) is 12.5. The van der Waals surface area contributed by atoms with Gasteiger partial charge in [0.25, 0.3) is 0 Å². The van der Waals surface area contributed by atoms with Crippen molar-refractivity contribution < 1.29 is 29.3 Å². The average Bonchev–Trinajstić information content (AvgIpc) is 2.34. The topological polar surface area (TPSA) is 116 Å². The zero-order chi connectivity index (χ0) is 16.3. The summed E-state index contributed by atoms with van der Waals surface area (Å²) >= 11 is 0. The SMILES string of the molecule is CC(C)(C)OC(=O)NCC1(C(=O)O)CCN(C(=O)O)CC1. The van der Waals surface area contributed by atoms with Gasteiger partial charge in [0.2, 0.25) is 0 Å². The zero-order valence-electron chi connectivity index (χ0n) is 12.5. The third-order valence-electron chi connectivity index (χ3n) is 3.41. The van der Waals surface area contributed by atoms with Gasteiger partial charge in [0.05, 0.1) is 5.41 Å². The average molecular weight is 302 g/mol. The molecule has 1 rings (SSSR count). The molecule has 0 bridgehead atoms. The fraction of sp³-hybridized carbons (Fsp3) is 0.769. The molecule has 0 aromatic rings. The molecule has 1 heterocycles. The van der Waals surface area contributed by atoms with E-state index < -0.39 is 29.2 Å². The Morgan fingerprint density at radius 2 is 1.71 bits per heavy atom. The fourth-order valence-corrected chi connectivity index (χ4v) is 2.15. The van der Waals surface area contributed by atoms with E-state index in [0.717, 1.165) is 0 Å².